The summed E-state index contributed by atoms with van der Waals surface area (Å²) >= 11 is 0. The van der Waals surface area contributed by atoms with Gasteiger partial charge in [0.25, 0.3) is 17.7 Å². The number of carbonyl (C=O) groups excluding carboxylic acids is 4. The molecule has 2 aliphatic heterocycles. The number of rotatable bonds is 11. The molecule has 0 aliphatic carbocycles. The maximum absolute atomic E-state index is 13.2. The van der Waals surface area contributed by atoms with Gasteiger partial charge in [0.1, 0.15) is 11.8 Å². The summed E-state index contributed by atoms with van der Waals surface area (Å²) in [6.45, 7) is 0.387. The summed E-state index contributed by atoms with van der Waals surface area (Å²) in [5.41, 5.74) is 2.67. The van der Waals surface area contributed by atoms with E-state index in [1.54, 1.807) is 37.4 Å². The lowest BCUT2D eigenvalue weighted by molar-refractivity contribution is -0.200. The van der Waals surface area contributed by atoms with E-state index in [0.717, 1.165) is 5.56 Å². The average molecular weight is 572 g/mol. The Labute approximate surface area is 244 Å². The van der Waals surface area contributed by atoms with Crippen molar-refractivity contribution in [2.45, 2.75) is 44.1 Å². The highest BCUT2D eigenvalue weighted by Gasteiger charge is 2.41. The molecule has 1 aromatic heterocycles. The minimum atomic E-state index is -0.535. The first-order chi connectivity index (χ1) is 20.4. The molecule has 0 spiro atoms. The minimum Gasteiger partial charge on any atom is -0.370 e. The van der Waals surface area contributed by atoms with E-state index in [4.69, 9.17) is 14.2 Å². The van der Waals surface area contributed by atoms with Gasteiger partial charge in [0.05, 0.1) is 36.1 Å². The van der Waals surface area contributed by atoms with Gasteiger partial charge >= 0.3 is 0 Å². The van der Waals surface area contributed by atoms with Crippen molar-refractivity contribution in [3.63, 3.8) is 0 Å². The molecule has 3 aromatic rings. The van der Waals surface area contributed by atoms with Crippen LogP contribution in [0.25, 0.3) is 0 Å². The second-order valence-corrected chi connectivity index (χ2v) is 10.2. The second kappa shape index (κ2) is 13.2. The highest BCUT2D eigenvalue weighted by Crippen LogP contribution is 2.28. The Morgan fingerprint density at radius 2 is 1.62 bits per heavy atom. The maximum atomic E-state index is 13.2. The molecule has 0 radical (unpaired) electrons. The number of ketones is 1. The number of hydrogen-bond acceptors (Lipinski definition) is 8. The monoisotopic (exact) mass is 571 g/mol. The number of aromatic nitrogens is 1. The zero-order valence-electron chi connectivity index (χ0n) is 23.6. The summed E-state index contributed by atoms with van der Waals surface area (Å²) in [7, 11) is 3.07. The van der Waals surface area contributed by atoms with Crippen molar-refractivity contribution in [2.75, 3.05) is 27.4 Å². The molecule has 5 rings (SSSR count). The van der Waals surface area contributed by atoms with E-state index in [0.29, 0.717) is 41.6 Å². The highest BCUT2D eigenvalue weighted by molar-refractivity contribution is 6.21. The molecule has 1 fully saturated rings. The molecular formula is C32H33N3O7. The molecule has 10 heteroatoms. The van der Waals surface area contributed by atoms with E-state index >= 15 is 0 Å². The van der Waals surface area contributed by atoms with Crippen molar-refractivity contribution < 1.29 is 33.4 Å². The molecular weight excluding hydrogens is 538 g/mol. The lowest BCUT2D eigenvalue weighted by Crippen LogP contribution is -2.49. The Bertz CT molecular complexity index is 1430. The Kier molecular flexibility index (Phi) is 9.16. The van der Waals surface area contributed by atoms with Gasteiger partial charge in [0.2, 0.25) is 0 Å². The number of fused-ring (bicyclic) bond motifs is 1. The third-order valence-corrected chi connectivity index (χ3v) is 7.47. The summed E-state index contributed by atoms with van der Waals surface area (Å²) < 4.78 is 17.3. The number of amides is 3. The number of pyridine rings is 1. The van der Waals surface area contributed by atoms with Gasteiger partial charge in [-0.05, 0) is 49.1 Å². The van der Waals surface area contributed by atoms with Crippen LogP contribution in [0.3, 0.4) is 0 Å². The van der Waals surface area contributed by atoms with Crippen LogP contribution in [0.2, 0.25) is 0 Å². The van der Waals surface area contributed by atoms with E-state index in [1.807, 2.05) is 30.3 Å². The van der Waals surface area contributed by atoms with Crippen LogP contribution in [0, 0.1) is 0 Å². The number of hydrogen-bond donors (Lipinski definition) is 1. The minimum absolute atomic E-state index is 0.108. The Morgan fingerprint density at radius 1 is 0.976 bits per heavy atom. The molecule has 0 bridgehead atoms. The van der Waals surface area contributed by atoms with E-state index in [2.05, 4.69) is 10.3 Å². The van der Waals surface area contributed by atoms with Crippen LogP contribution in [-0.4, -0.2) is 73.1 Å². The fourth-order valence-corrected chi connectivity index (χ4v) is 5.28. The number of ether oxygens (including phenoxy) is 3. The first-order valence-electron chi connectivity index (χ1n) is 14.0. The number of nitrogens with zero attached hydrogens (tertiary/aromatic N) is 2. The molecule has 10 nitrogen and oxygen atoms in total. The van der Waals surface area contributed by atoms with Crippen molar-refractivity contribution >= 4 is 23.5 Å². The molecule has 1 N–H and O–H groups in total. The first kappa shape index (κ1) is 29.2. The summed E-state index contributed by atoms with van der Waals surface area (Å²) in [6.07, 6.45) is 1.07. The lowest BCUT2D eigenvalue weighted by Gasteiger charge is -2.33. The number of Topliss-reactive ketones (excluding diaryl/α,β-unsaturated/α-hetero) is 1. The van der Waals surface area contributed by atoms with Crippen LogP contribution >= 0.6 is 0 Å². The maximum Gasteiger partial charge on any atom is 0.269 e. The van der Waals surface area contributed by atoms with Gasteiger partial charge in [-0.25, -0.2) is 4.98 Å². The van der Waals surface area contributed by atoms with Crippen molar-refractivity contribution in [3.8, 4) is 0 Å². The molecule has 2 aromatic carbocycles. The zero-order chi connectivity index (χ0) is 29.6. The van der Waals surface area contributed by atoms with E-state index in [9.17, 15) is 19.2 Å². The predicted octanol–water partition coefficient (Wildman–Crippen LogP) is 3.96. The SMILES string of the molecule is CNC(=O)c1cc(C(=O)CCCCC2OCC(N3C(=O)c4ccccc4C3=O)CO2)cc(C(OC)c2ccccc2)n1. The van der Waals surface area contributed by atoms with E-state index in [-0.39, 0.29) is 48.8 Å². The van der Waals surface area contributed by atoms with Crippen LogP contribution in [0.15, 0.2) is 66.7 Å². The summed E-state index contributed by atoms with van der Waals surface area (Å²) in [6, 6.07) is 19.0. The van der Waals surface area contributed by atoms with Crippen molar-refractivity contribution in [1.82, 2.24) is 15.2 Å². The molecule has 1 unspecified atom stereocenters. The number of unbranched alkanes of at least 4 members (excludes halogenated alkanes) is 1. The molecule has 2 aliphatic rings. The number of carbonyl (C=O) groups is 4. The second-order valence-electron chi connectivity index (χ2n) is 10.2. The van der Waals surface area contributed by atoms with Crippen LogP contribution in [0.1, 0.15) is 84.6 Å². The zero-order valence-corrected chi connectivity index (χ0v) is 23.6. The quantitative estimate of drug-likeness (QED) is 0.208. The summed E-state index contributed by atoms with van der Waals surface area (Å²) in [5.74, 6) is -1.16. The fraction of sp³-hybridized carbons (Fsp3) is 0.344. The molecule has 42 heavy (non-hydrogen) atoms. The number of benzene rings is 2. The van der Waals surface area contributed by atoms with Gasteiger partial charge in [-0.1, -0.05) is 42.5 Å². The smallest absolute Gasteiger partial charge is 0.269 e. The summed E-state index contributed by atoms with van der Waals surface area (Å²) in [4.78, 5) is 56.8. The van der Waals surface area contributed by atoms with Crippen LogP contribution < -0.4 is 5.32 Å². The molecule has 3 heterocycles. The van der Waals surface area contributed by atoms with Gasteiger partial charge in [0.15, 0.2) is 12.1 Å². The van der Waals surface area contributed by atoms with Gasteiger partial charge in [0, 0.05) is 26.1 Å². The number of imide groups is 1. The van der Waals surface area contributed by atoms with E-state index < -0.39 is 18.4 Å². The molecule has 1 saturated heterocycles. The lowest BCUT2D eigenvalue weighted by atomic mass is 9.99. The summed E-state index contributed by atoms with van der Waals surface area (Å²) in [5, 5.41) is 2.57. The molecule has 1 atom stereocenters. The van der Waals surface area contributed by atoms with Crippen molar-refractivity contribution in [2.24, 2.45) is 0 Å². The largest absolute Gasteiger partial charge is 0.370 e. The van der Waals surface area contributed by atoms with Gasteiger partial charge in [-0.15, -0.1) is 0 Å². The Balaban J connectivity index is 1.14. The normalized spacial score (nSPS) is 19.0. The van der Waals surface area contributed by atoms with Crippen LogP contribution in [-0.2, 0) is 14.2 Å². The van der Waals surface area contributed by atoms with Gasteiger partial charge in [-0.2, -0.15) is 0 Å². The Hall–Kier alpha value is -4.25. The number of nitrogens with one attached hydrogen (secondary N) is 1. The average Bonchev–Trinajstić information content (AvgIpc) is 3.29. The molecule has 218 valence electrons. The van der Waals surface area contributed by atoms with Gasteiger partial charge in [-0.3, -0.25) is 24.1 Å². The fourth-order valence-electron chi connectivity index (χ4n) is 5.28. The highest BCUT2D eigenvalue weighted by atomic mass is 16.7. The van der Waals surface area contributed by atoms with Crippen LogP contribution in [0.5, 0.6) is 0 Å². The standard InChI is InChI=1S/C32H33N3O7/c1-33-30(37)26-17-21(16-25(34-26)29(40-2)20-10-4-3-5-11-20)27(36)14-8-9-15-28-41-18-22(19-42-28)35-31(38)23-12-6-7-13-24(23)32(35)39/h3-7,10-13,16-17,22,28-29H,8-9,14-15,18-19H2,1-2H3,(H,33,37). The molecule has 0 saturated carbocycles. The topological polar surface area (TPSA) is 124 Å². The van der Waals surface area contributed by atoms with Gasteiger partial charge < -0.3 is 19.5 Å². The number of methoxy groups -OCH3 is 1. The first-order valence-corrected chi connectivity index (χ1v) is 14.0. The van der Waals surface area contributed by atoms with Crippen LogP contribution in [0.4, 0.5) is 0 Å². The Morgan fingerprint density at radius 3 is 2.24 bits per heavy atom. The third-order valence-electron chi connectivity index (χ3n) is 7.47. The molecule has 3 amide bonds. The van der Waals surface area contributed by atoms with E-state index in [1.165, 1.54) is 18.0 Å². The predicted molar refractivity (Wildman–Crippen MR) is 152 cm³/mol. The third kappa shape index (κ3) is 6.15. The van der Waals surface area contributed by atoms with Crippen molar-refractivity contribution in [3.05, 3.63) is 100 Å². The van der Waals surface area contributed by atoms with Crippen molar-refractivity contribution in [1.29, 1.82) is 0 Å².